The highest BCUT2D eigenvalue weighted by Gasteiger charge is 2.47. The normalized spacial score (nSPS) is 27.5. The van der Waals surface area contributed by atoms with Gasteiger partial charge in [0.1, 0.15) is 73.2 Å². The van der Waals surface area contributed by atoms with Gasteiger partial charge in [-0.15, -0.1) is 0 Å². The predicted molar refractivity (Wildman–Crippen MR) is 313 cm³/mol. The van der Waals surface area contributed by atoms with E-state index in [1.165, 1.54) is 0 Å². The Labute approximate surface area is 547 Å². The molecule has 44 heteroatoms. The van der Waals surface area contributed by atoms with Gasteiger partial charge in [0.05, 0.1) is 145 Å². The van der Waals surface area contributed by atoms with Gasteiger partial charge >= 0.3 is 23.5 Å². The van der Waals surface area contributed by atoms with E-state index in [1.807, 2.05) is 6.92 Å². The molecule has 0 aromatic heterocycles. The molecular formula is C51H98N3O38P3. The van der Waals surface area contributed by atoms with Gasteiger partial charge in [0, 0.05) is 44.3 Å². The fraction of sp³-hybridized carbons (Fsp3) is 0.941. The van der Waals surface area contributed by atoms with Gasteiger partial charge in [-0.05, 0) is 12.8 Å². The molecule has 3 fully saturated rings. The predicted octanol–water partition coefficient (Wildman–Crippen LogP) is -7.38. The summed E-state index contributed by atoms with van der Waals surface area (Å²) >= 11 is 0. The molecule has 3 heterocycles. The lowest BCUT2D eigenvalue weighted by Crippen LogP contribution is -2.59. The van der Waals surface area contributed by atoms with Gasteiger partial charge in [0.2, 0.25) is 17.7 Å². The minimum Gasteiger partial charge on any atom is -0.387 e. The van der Waals surface area contributed by atoms with Crippen LogP contribution in [0.4, 0.5) is 0 Å². The standard InChI is InChI=1S/C51H98N3O38P3/c1-51(7-3-2-4-36(55)52-8-13-76-16-19-79-22-25-84-48-45(64)42(61)39(58)33(90-48)28-87-93(67,68)69,31-82-11-5-37(56)53-9-14-77-17-20-80-23-26-85-49-46(65)43(62)40(59)34(91-49)29-88-94(70,71)72)32-83-12-6-38(57)54-10-15-78-18-21-81-24-27-86-50-47(66)44(63)41(60)35(92-50)30-89-95(73,74)75/h33-35,39-50,58-66H,2-32H2,1H3,(H,52,55)(H,53,56)(H,54,57)(H2,67,68,69)(H2,70,71,72)(H2,73,74,75). The van der Waals surface area contributed by atoms with Crippen molar-refractivity contribution in [1.82, 2.24) is 16.0 Å². The number of aliphatic hydroxyl groups excluding tert-OH is 9. The molecule has 560 valence electrons. The number of hydrogen-bond donors (Lipinski definition) is 18. The highest BCUT2D eigenvalue weighted by atomic mass is 31.2. The summed E-state index contributed by atoms with van der Waals surface area (Å²) in [7, 11) is -14.7. The quantitative estimate of drug-likeness (QED) is 0.0199. The number of aliphatic hydroxyl groups is 9. The van der Waals surface area contributed by atoms with Crippen LogP contribution in [0, 0.1) is 5.41 Å². The summed E-state index contributed by atoms with van der Waals surface area (Å²) in [5, 5.41) is 99.1. The Balaban J connectivity index is 1.30. The zero-order valence-corrected chi connectivity index (χ0v) is 55.2. The molecule has 15 unspecified atom stereocenters. The SMILES string of the molecule is CC(CCCCC(=O)NCCOCCOCCOC1OC(COP(=O)(O)O)C(O)C(O)C1O)(COCCC(=O)NCCOCCOCCOC1OC(COP(=O)(O)O)C(O)C(O)C1O)COCCC(=O)NCCOCCOCCOC1OC(COP(=O)(O)O)C(O)C(O)C1O. The van der Waals surface area contributed by atoms with Crippen LogP contribution in [0.2, 0.25) is 0 Å². The number of carbonyl (C=O) groups excluding carboxylic acids is 3. The van der Waals surface area contributed by atoms with E-state index in [1.54, 1.807) is 0 Å². The van der Waals surface area contributed by atoms with Crippen molar-refractivity contribution in [3.8, 4) is 0 Å². The number of unbranched alkanes of at least 4 members (excludes halogenated alkanes) is 1. The Morgan fingerprint density at radius 2 is 0.632 bits per heavy atom. The summed E-state index contributed by atoms with van der Waals surface area (Å²) < 4.78 is 123. The molecule has 0 aliphatic carbocycles. The maximum Gasteiger partial charge on any atom is 0.469 e. The summed E-state index contributed by atoms with van der Waals surface area (Å²) in [6.45, 7) is 1.43. The summed E-state index contributed by atoms with van der Waals surface area (Å²) in [4.78, 5) is 91.3. The molecule has 0 aromatic carbocycles. The summed E-state index contributed by atoms with van der Waals surface area (Å²) in [5.74, 6) is -0.828. The highest BCUT2D eigenvalue weighted by molar-refractivity contribution is 7.46. The average Bonchev–Trinajstić information content (AvgIpc) is 0.838. The minimum absolute atomic E-state index is 0.000247. The third-order valence-corrected chi connectivity index (χ3v) is 15.3. The summed E-state index contributed by atoms with van der Waals surface area (Å²) in [5.41, 5.74) is -0.599. The molecule has 3 aliphatic heterocycles. The van der Waals surface area contributed by atoms with E-state index in [2.05, 4.69) is 29.5 Å². The number of nitrogens with one attached hydrogen (secondary N) is 3. The first kappa shape index (κ1) is 87.0. The van der Waals surface area contributed by atoms with Crippen LogP contribution in [0.15, 0.2) is 0 Å². The van der Waals surface area contributed by atoms with Crippen molar-refractivity contribution >= 4 is 41.2 Å². The zero-order valence-electron chi connectivity index (χ0n) is 52.5. The number of rotatable bonds is 54. The van der Waals surface area contributed by atoms with Crippen molar-refractivity contribution in [3.05, 3.63) is 0 Å². The molecule has 0 radical (unpaired) electrons. The molecule has 18 N–H and O–H groups in total. The van der Waals surface area contributed by atoms with Crippen LogP contribution in [-0.2, 0) is 108 Å². The molecule has 0 saturated carbocycles. The van der Waals surface area contributed by atoms with Crippen LogP contribution < -0.4 is 16.0 Å². The second-order valence-electron chi connectivity index (χ2n) is 21.9. The molecule has 15 atom stereocenters. The van der Waals surface area contributed by atoms with E-state index >= 15 is 0 Å². The first-order valence-corrected chi connectivity index (χ1v) is 35.0. The number of phosphoric acid groups is 3. The van der Waals surface area contributed by atoms with E-state index in [4.69, 9.17) is 95.7 Å². The lowest BCUT2D eigenvalue weighted by molar-refractivity contribution is -0.301. The molecule has 0 spiro atoms. The lowest BCUT2D eigenvalue weighted by atomic mass is 9.86. The first-order valence-electron chi connectivity index (χ1n) is 30.4. The lowest BCUT2D eigenvalue weighted by Gasteiger charge is -2.40. The smallest absolute Gasteiger partial charge is 0.387 e. The maximum absolute atomic E-state index is 12.6. The Kier molecular flexibility index (Phi) is 43.1. The maximum atomic E-state index is 12.6. The number of amides is 3. The Morgan fingerprint density at radius 1 is 0.358 bits per heavy atom. The van der Waals surface area contributed by atoms with Crippen LogP contribution in [0.3, 0.4) is 0 Å². The summed E-state index contributed by atoms with van der Waals surface area (Å²) in [6.07, 6.45) is -22.1. The van der Waals surface area contributed by atoms with Crippen LogP contribution in [0.5, 0.6) is 0 Å². The zero-order chi connectivity index (χ0) is 70.5. The molecular weight excluding hydrogens is 1360 g/mol. The van der Waals surface area contributed by atoms with Gasteiger partial charge in [-0.2, -0.15) is 0 Å². The van der Waals surface area contributed by atoms with Crippen LogP contribution in [0.25, 0.3) is 0 Å². The Morgan fingerprint density at radius 3 is 0.926 bits per heavy atom. The molecule has 41 nitrogen and oxygen atoms in total. The Bertz CT molecular complexity index is 2010. The summed E-state index contributed by atoms with van der Waals surface area (Å²) in [6, 6.07) is 0. The number of phosphoric ester groups is 3. The molecule has 95 heavy (non-hydrogen) atoms. The number of hydrogen-bond acceptors (Lipinski definition) is 32. The van der Waals surface area contributed by atoms with E-state index in [0.717, 1.165) is 0 Å². The van der Waals surface area contributed by atoms with Gasteiger partial charge in [0.25, 0.3) is 0 Å². The highest BCUT2D eigenvalue weighted by Crippen LogP contribution is 2.39. The number of ether oxygens (including phenoxy) is 14. The van der Waals surface area contributed by atoms with Crippen LogP contribution in [0.1, 0.15) is 45.4 Å². The van der Waals surface area contributed by atoms with Gasteiger partial charge in [-0.1, -0.05) is 13.3 Å². The second kappa shape index (κ2) is 47.1. The van der Waals surface area contributed by atoms with Gasteiger partial charge in [-0.3, -0.25) is 28.0 Å². The van der Waals surface area contributed by atoms with Crippen molar-refractivity contribution < 1.29 is 183 Å². The molecule has 0 aromatic rings. The fourth-order valence-corrected chi connectivity index (χ4v) is 9.79. The largest absolute Gasteiger partial charge is 0.469 e. The monoisotopic (exact) mass is 1450 g/mol. The average molecular weight is 1450 g/mol. The second-order valence-corrected chi connectivity index (χ2v) is 25.6. The minimum atomic E-state index is -4.91. The van der Waals surface area contributed by atoms with E-state index in [-0.39, 0.29) is 182 Å². The molecule has 0 bridgehead atoms. The molecule has 3 aliphatic rings. The molecule has 3 saturated heterocycles. The van der Waals surface area contributed by atoms with E-state index in [9.17, 15) is 74.0 Å². The van der Waals surface area contributed by atoms with Crippen molar-refractivity contribution in [2.75, 3.05) is 165 Å². The molecule has 3 rings (SSSR count). The van der Waals surface area contributed by atoms with Crippen molar-refractivity contribution in [2.45, 2.75) is 138 Å². The van der Waals surface area contributed by atoms with Crippen LogP contribution >= 0.6 is 23.5 Å². The first-order chi connectivity index (χ1) is 44.9. The van der Waals surface area contributed by atoms with Crippen LogP contribution in [-0.4, -0.2) is 350 Å². The van der Waals surface area contributed by atoms with E-state index in [0.29, 0.717) is 19.3 Å². The van der Waals surface area contributed by atoms with Gasteiger partial charge in [0.15, 0.2) is 18.9 Å². The van der Waals surface area contributed by atoms with Gasteiger partial charge < -0.3 is 158 Å². The van der Waals surface area contributed by atoms with E-state index < -0.39 is 141 Å². The number of carbonyl (C=O) groups is 3. The third-order valence-electron chi connectivity index (χ3n) is 13.9. The van der Waals surface area contributed by atoms with Crippen molar-refractivity contribution in [1.29, 1.82) is 0 Å². The third kappa shape index (κ3) is 38.4. The molecule has 3 amide bonds. The Hall–Kier alpha value is -2.18. The van der Waals surface area contributed by atoms with Crippen molar-refractivity contribution in [2.24, 2.45) is 5.41 Å². The fourth-order valence-electron chi connectivity index (χ4n) is 8.77. The topological polar surface area (TPSA) is 599 Å². The van der Waals surface area contributed by atoms with Gasteiger partial charge in [-0.25, -0.2) is 13.7 Å². The van der Waals surface area contributed by atoms with Crippen molar-refractivity contribution in [3.63, 3.8) is 0 Å².